The predicted octanol–water partition coefficient (Wildman–Crippen LogP) is 4.29. The Bertz CT molecular complexity index is 906. The molecule has 0 bridgehead atoms. The van der Waals surface area contributed by atoms with Gasteiger partial charge in [0.1, 0.15) is 11.6 Å². The van der Waals surface area contributed by atoms with E-state index in [9.17, 15) is 4.79 Å². The zero-order chi connectivity index (χ0) is 18.5. The summed E-state index contributed by atoms with van der Waals surface area (Å²) in [4.78, 5) is 18.9. The van der Waals surface area contributed by atoms with E-state index in [2.05, 4.69) is 9.97 Å². The number of aromatic amines is 1. The molecule has 0 aliphatic rings. The highest BCUT2D eigenvalue weighted by atomic mass is 16.7. The lowest BCUT2D eigenvalue weighted by Crippen LogP contribution is -2.10. The van der Waals surface area contributed by atoms with Gasteiger partial charge in [-0.05, 0) is 44.2 Å². The van der Waals surface area contributed by atoms with Gasteiger partial charge >= 0.3 is 6.16 Å². The number of H-pyrrole nitrogens is 1. The van der Waals surface area contributed by atoms with Gasteiger partial charge in [-0.25, -0.2) is 4.79 Å². The molecule has 0 spiro atoms. The summed E-state index contributed by atoms with van der Waals surface area (Å²) in [6.07, 6.45) is -0.793. The summed E-state index contributed by atoms with van der Waals surface area (Å²) in [5.41, 5.74) is 7.86. The van der Waals surface area contributed by atoms with Gasteiger partial charge in [0.25, 0.3) is 0 Å². The number of carbonyl (C=O) groups is 1. The number of carbonyl (C=O) groups excluding carboxylic acids is 1. The van der Waals surface area contributed by atoms with Crippen molar-refractivity contribution in [3.8, 4) is 28.8 Å². The molecule has 7 heteroatoms. The molecule has 3 rings (SSSR count). The Kier molecular flexibility index (Phi) is 5.07. The number of aryl methyl sites for hydroxylation is 1. The molecule has 1 heterocycles. The van der Waals surface area contributed by atoms with Crippen molar-refractivity contribution >= 4 is 11.8 Å². The summed E-state index contributed by atoms with van der Waals surface area (Å²) >= 11 is 0. The van der Waals surface area contributed by atoms with E-state index in [0.29, 0.717) is 28.7 Å². The molecule has 3 N–H and O–H groups in total. The number of ether oxygens (including phenoxy) is 3. The van der Waals surface area contributed by atoms with Crippen LogP contribution in [0.2, 0.25) is 0 Å². The number of nitrogens with two attached hydrogens (primary N) is 1. The summed E-state index contributed by atoms with van der Waals surface area (Å²) in [7, 11) is 0. The summed E-state index contributed by atoms with van der Waals surface area (Å²) in [5, 5.41) is 0. The highest BCUT2D eigenvalue weighted by Crippen LogP contribution is 2.32. The molecule has 3 aromatic rings. The van der Waals surface area contributed by atoms with Crippen molar-refractivity contribution in [2.75, 3.05) is 12.3 Å². The van der Waals surface area contributed by atoms with Gasteiger partial charge in [0.2, 0.25) is 5.88 Å². The Hall–Kier alpha value is -3.48. The first-order valence-corrected chi connectivity index (χ1v) is 8.11. The molecule has 0 aliphatic carbocycles. The van der Waals surface area contributed by atoms with Crippen LogP contribution >= 0.6 is 0 Å². The first-order chi connectivity index (χ1) is 12.6. The van der Waals surface area contributed by atoms with E-state index in [1.165, 1.54) is 0 Å². The van der Waals surface area contributed by atoms with Gasteiger partial charge in [-0.3, -0.25) is 0 Å². The molecule has 0 radical (unpaired) electrons. The van der Waals surface area contributed by atoms with E-state index < -0.39 is 6.16 Å². The second-order valence-corrected chi connectivity index (χ2v) is 5.47. The molecule has 0 fully saturated rings. The normalized spacial score (nSPS) is 10.4. The highest BCUT2D eigenvalue weighted by Gasteiger charge is 2.15. The second kappa shape index (κ2) is 7.60. The van der Waals surface area contributed by atoms with Gasteiger partial charge < -0.3 is 24.9 Å². The van der Waals surface area contributed by atoms with Crippen molar-refractivity contribution in [2.45, 2.75) is 13.8 Å². The predicted molar refractivity (Wildman–Crippen MR) is 97.3 cm³/mol. The molecule has 0 amide bonds. The van der Waals surface area contributed by atoms with Crippen LogP contribution in [0.4, 0.5) is 10.5 Å². The van der Waals surface area contributed by atoms with Gasteiger partial charge in [-0.2, -0.15) is 4.98 Å². The fourth-order valence-corrected chi connectivity index (χ4v) is 2.29. The van der Waals surface area contributed by atoms with Crippen LogP contribution in [0.1, 0.15) is 12.6 Å². The third-order valence-electron chi connectivity index (χ3n) is 3.54. The number of hydrogen-bond acceptors (Lipinski definition) is 6. The minimum Gasteiger partial charge on any atom is -0.455 e. The molecule has 1 aromatic heterocycles. The van der Waals surface area contributed by atoms with E-state index in [-0.39, 0.29) is 12.5 Å². The van der Waals surface area contributed by atoms with Crippen LogP contribution in [0, 0.1) is 6.92 Å². The van der Waals surface area contributed by atoms with Gasteiger partial charge in [-0.1, -0.05) is 18.2 Å². The number of rotatable bonds is 5. The maximum Gasteiger partial charge on any atom is 0.515 e. The molecule has 26 heavy (non-hydrogen) atoms. The lowest BCUT2D eigenvalue weighted by molar-refractivity contribution is 0.102. The van der Waals surface area contributed by atoms with Crippen molar-refractivity contribution in [1.29, 1.82) is 0 Å². The molecular weight excluding hydrogens is 334 g/mol. The lowest BCUT2D eigenvalue weighted by Gasteiger charge is -2.09. The van der Waals surface area contributed by atoms with E-state index >= 15 is 0 Å². The van der Waals surface area contributed by atoms with Gasteiger partial charge in [-0.15, -0.1) is 0 Å². The summed E-state index contributed by atoms with van der Waals surface area (Å²) < 4.78 is 15.7. The number of imidazole rings is 1. The lowest BCUT2D eigenvalue weighted by atomic mass is 10.2. The monoisotopic (exact) mass is 353 g/mol. The van der Waals surface area contributed by atoms with Crippen molar-refractivity contribution in [2.24, 2.45) is 0 Å². The number of nitrogens with zero attached hydrogens (tertiary/aromatic N) is 1. The Balaban J connectivity index is 1.86. The van der Waals surface area contributed by atoms with Crippen LogP contribution in [0.5, 0.6) is 17.4 Å². The van der Waals surface area contributed by atoms with Crippen LogP contribution in [0.15, 0.2) is 48.5 Å². The summed E-state index contributed by atoms with van der Waals surface area (Å²) in [6.45, 7) is 3.68. The third kappa shape index (κ3) is 3.94. The maximum atomic E-state index is 11.5. The molecular formula is C19H19N3O4. The van der Waals surface area contributed by atoms with Gasteiger partial charge in [0.05, 0.1) is 18.0 Å². The van der Waals surface area contributed by atoms with Crippen molar-refractivity contribution < 1.29 is 19.0 Å². The van der Waals surface area contributed by atoms with E-state index in [4.69, 9.17) is 19.9 Å². The molecule has 7 nitrogen and oxygen atoms in total. The van der Waals surface area contributed by atoms with Gasteiger partial charge in [0, 0.05) is 5.56 Å². The SMILES string of the molecule is CCOC(=O)Oc1nc(-c2ccc(N)c(Oc3ccccc3)c2)[nH]c1C. The average molecular weight is 353 g/mol. The Morgan fingerprint density at radius 2 is 1.96 bits per heavy atom. The third-order valence-corrected chi connectivity index (χ3v) is 3.54. The van der Waals surface area contributed by atoms with E-state index in [0.717, 1.165) is 5.56 Å². The molecule has 0 unspecified atom stereocenters. The largest absolute Gasteiger partial charge is 0.515 e. The molecule has 0 atom stereocenters. The van der Waals surface area contributed by atoms with Crippen molar-refractivity contribution in [3.63, 3.8) is 0 Å². The Morgan fingerprint density at radius 3 is 2.69 bits per heavy atom. The minimum absolute atomic E-state index is 0.167. The number of nitrogen functional groups attached to an aromatic ring is 1. The summed E-state index contributed by atoms with van der Waals surface area (Å²) in [5.74, 6) is 1.88. The minimum atomic E-state index is -0.793. The number of nitrogens with one attached hydrogen (secondary N) is 1. The second-order valence-electron chi connectivity index (χ2n) is 5.47. The number of aromatic nitrogens is 2. The first-order valence-electron chi connectivity index (χ1n) is 8.11. The van der Waals surface area contributed by atoms with Crippen molar-refractivity contribution in [1.82, 2.24) is 9.97 Å². The van der Waals surface area contributed by atoms with Crippen LogP contribution in [0.25, 0.3) is 11.4 Å². The van der Waals surface area contributed by atoms with Crippen LogP contribution in [0.3, 0.4) is 0 Å². The molecule has 0 saturated carbocycles. The van der Waals surface area contributed by atoms with Crippen molar-refractivity contribution in [3.05, 3.63) is 54.2 Å². The first kappa shape index (κ1) is 17.3. The van der Waals surface area contributed by atoms with Crippen LogP contribution in [-0.2, 0) is 4.74 Å². The fraction of sp³-hybridized carbons (Fsp3) is 0.158. The Labute approximate surface area is 150 Å². The van der Waals surface area contributed by atoms with E-state index in [1.54, 1.807) is 32.0 Å². The molecule has 134 valence electrons. The summed E-state index contributed by atoms with van der Waals surface area (Å²) in [6, 6.07) is 14.7. The van der Waals surface area contributed by atoms with Crippen LogP contribution < -0.4 is 15.2 Å². The van der Waals surface area contributed by atoms with Gasteiger partial charge in [0.15, 0.2) is 5.75 Å². The topological polar surface area (TPSA) is 99.5 Å². The molecule has 0 saturated heterocycles. The molecule has 0 aliphatic heterocycles. The number of benzene rings is 2. The zero-order valence-corrected chi connectivity index (χ0v) is 14.5. The van der Waals surface area contributed by atoms with Crippen LogP contribution in [-0.4, -0.2) is 22.7 Å². The molecule has 2 aromatic carbocycles. The number of anilines is 1. The number of hydrogen-bond donors (Lipinski definition) is 2. The average Bonchev–Trinajstić information content (AvgIpc) is 2.98. The highest BCUT2D eigenvalue weighted by molar-refractivity contribution is 5.68. The fourth-order valence-electron chi connectivity index (χ4n) is 2.29. The quantitative estimate of drug-likeness (QED) is 0.524. The number of para-hydroxylation sites is 1. The maximum absolute atomic E-state index is 11.5. The van der Waals surface area contributed by atoms with E-state index in [1.807, 2.05) is 30.3 Å². The standard InChI is InChI=1S/C19H19N3O4/c1-3-24-19(23)26-18-12(2)21-17(22-18)13-9-10-15(20)16(11-13)25-14-7-5-4-6-8-14/h4-11H,3,20H2,1-2H3,(H,21,22). The zero-order valence-electron chi connectivity index (χ0n) is 14.5. The Morgan fingerprint density at radius 1 is 1.19 bits per heavy atom. The smallest absolute Gasteiger partial charge is 0.455 e.